The van der Waals surface area contributed by atoms with Crippen LogP contribution in [0.4, 0.5) is 5.69 Å². The van der Waals surface area contributed by atoms with E-state index in [0.29, 0.717) is 17.1 Å². The minimum absolute atomic E-state index is 0.258. The van der Waals surface area contributed by atoms with Gasteiger partial charge in [-0.05, 0) is 36.4 Å². The first-order valence-corrected chi connectivity index (χ1v) is 6.43. The summed E-state index contributed by atoms with van der Waals surface area (Å²) in [5, 5.41) is 3.68. The lowest BCUT2D eigenvalue weighted by molar-refractivity contribution is 0.102. The third-order valence-corrected chi connectivity index (χ3v) is 3.09. The van der Waals surface area contributed by atoms with Gasteiger partial charge in [0.2, 0.25) is 0 Å². The molecular formula is C16H13N3O2. The minimum atomic E-state index is -0.258. The fraction of sp³-hybridized carbons (Fsp3) is 0.0625. The maximum atomic E-state index is 12.2. The van der Waals surface area contributed by atoms with Crippen LogP contribution in [-0.4, -0.2) is 23.0 Å². The zero-order chi connectivity index (χ0) is 14.7. The quantitative estimate of drug-likeness (QED) is 0.800. The second kappa shape index (κ2) is 5.58. The van der Waals surface area contributed by atoms with Crippen molar-refractivity contribution in [2.75, 3.05) is 12.4 Å². The van der Waals surface area contributed by atoms with Crippen molar-refractivity contribution in [1.82, 2.24) is 9.97 Å². The standard InChI is InChI=1S/C16H13N3O2/c1-21-11-5-6-13-12(10-11)14(7-9-18-13)19-16(20)15-4-2-3-8-17-15/h2-10H,1H3,(H,18,19,20). The Bertz CT molecular complexity index is 788. The van der Waals surface area contributed by atoms with Gasteiger partial charge in [-0.15, -0.1) is 0 Å². The molecule has 0 aliphatic carbocycles. The maximum absolute atomic E-state index is 12.2. The number of amides is 1. The maximum Gasteiger partial charge on any atom is 0.274 e. The molecule has 0 spiro atoms. The Kier molecular flexibility index (Phi) is 3.47. The largest absolute Gasteiger partial charge is 0.497 e. The Labute approximate surface area is 121 Å². The summed E-state index contributed by atoms with van der Waals surface area (Å²) in [5.41, 5.74) is 1.83. The zero-order valence-electron chi connectivity index (χ0n) is 11.4. The molecule has 5 heteroatoms. The number of carbonyl (C=O) groups is 1. The second-order valence-electron chi connectivity index (χ2n) is 4.41. The lowest BCUT2D eigenvalue weighted by atomic mass is 10.1. The van der Waals surface area contributed by atoms with Crippen LogP contribution in [0.1, 0.15) is 10.5 Å². The molecule has 3 rings (SSSR count). The molecule has 0 bridgehead atoms. The SMILES string of the molecule is COc1ccc2nccc(NC(=O)c3ccccn3)c2c1. The summed E-state index contributed by atoms with van der Waals surface area (Å²) in [5.74, 6) is 0.453. The molecule has 3 aromatic rings. The molecule has 0 fully saturated rings. The molecule has 21 heavy (non-hydrogen) atoms. The average Bonchev–Trinajstić information content (AvgIpc) is 2.55. The number of nitrogens with zero attached hydrogens (tertiary/aromatic N) is 2. The van der Waals surface area contributed by atoms with Crippen molar-refractivity contribution < 1.29 is 9.53 Å². The molecule has 2 heterocycles. The lowest BCUT2D eigenvalue weighted by Gasteiger charge is -2.09. The zero-order valence-corrected chi connectivity index (χ0v) is 11.4. The van der Waals surface area contributed by atoms with Crippen molar-refractivity contribution in [3.63, 3.8) is 0 Å². The van der Waals surface area contributed by atoms with Crippen LogP contribution < -0.4 is 10.1 Å². The molecule has 0 aliphatic heterocycles. The number of aromatic nitrogens is 2. The molecular weight excluding hydrogens is 266 g/mol. The van der Waals surface area contributed by atoms with Gasteiger partial charge in [0.25, 0.3) is 5.91 Å². The van der Waals surface area contributed by atoms with Gasteiger partial charge in [0.15, 0.2) is 0 Å². The molecule has 104 valence electrons. The molecule has 0 aliphatic rings. The third kappa shape index (κ3) is 2.67. The van der Waals surface area contributed by atoms with Crippen LogP contribution in [0.2, 0.25) is 0 Å². The van der Waals surface area contributed by atoms with Gasteiger partial charge in [-0.25, -0.2) is 0 Å². The Morgan fingerprint density at radius 1 is 1.10 bits per heavy atom. The number of methoxy groups -OCH3 is 1. The van der Waals surface area contributed by atoms with Crippen LogP contribution >= 0.6 is 0 Å². The summed E-state index contributed by atoms with van der Waals surface area (Å²) in [6, 6.07) is 12.5. The molecule has 0 radical (unpaired) electrons. The highest BCUT2D eigenvalue weighted by molar-refractivity contribution is 6.07. The van der Waals surface area contributed by atoms with E-state index in [1.807, 2.05) is 18.2 Å². The predicted molar refractivity (Wildman–Crippen MR) is 80.5 cm³/mol. The van der Waals surface area contributed by atoms with Crippen LogP contribution in [0.25, 0.3) is 10.9 Å². The van der Waals surface area contributed by atoms with Gasteiger partial charge in [0, 0.05) is 17.8 Å². The molecule has 1 aromatic carbocycles. The average molecular weight is 279 g/mol. The van der Waals surface area contributed by atoms with E-state index in [0.717, 1.165) is 10.9 Å². The van der Waals surface area contributed by atoms with Crippen LogP contribution in [0.3, 0.4) is 0 Å². The number of nitrogens with one attached hydrogen (secondary N) is 1. The highest BCUT2D eigenvalue weighted by Gasteiger charge is 2.10. The molecule has 1 N–H and O–H groups in total. The number of pyridine rings is 2. The van der Waals surface area contributed by atoms with E-state index in [4.69, 9.17) is 4.74 Å². The Morgan fingerprint density at radius 3 is 2.76 bits per heavy atom. The first-order valence-electron chi connectivity index (χ1n) is 6.43. The fourth-order valence-corrected chi connectivity index (χ4v) is 2.04. The number of ether oxygens (including phenoxy) is 1. The van der Waals surface area contributed by atoms with E-state index in [1.165, 1.54) is 0 Å². The Balaban J connectivity index is 1.98. The predicted octanol–water partition coefficient (Wildman–Crippen LogP) is 2.89. The van der Waals surface area contributed by atoms with E-state index in [-0.39, 0.29) is 5.91 Å². The van der Waals surface area contributed by atoms with Crippen molar-refractivity contribution in [3.8, 4) is 5.75 Å². The Morgan fingerprint density at radius 2 is 2.00 bits per heavy atom. The van der Waals surface area contributed by atoms with Crippen LogP contribution in [0.15, 0.2) is 54.9 Å². The topological polar surface area (TPSA) is 64.1 Å². The normalized spacial score (nSPS) is 10.3. The van der Waals surface area contributed by atoms with Crippen molar-refractivity contribution >= 4 is 22.5 Å². The number of benzene rings is 1. The second-order valence-corrected chi connectivity index (χ2v) is 4.41. The van der Waals surface area contributed by atoms with E-state index in [1.54, 1.807) is 43.8 Å². The van der Waals surface area contributed by atoms with Crippen molar-refractivity contribution in [2.24, 2.45) is 0 Å². The van der Waals surface area contributed by atoms with Gasteiger partial charge < -0.3 is 10.1 Å². The first kappa shape index (κ1) is 13.1. The molecule has 0 unspecified atom stereocenters. The van der Waals surface area contributed by atoms with E-state index in [9.17, 15) is 4.79 Å². The molecule has 1 amide bonds. The summed E-state index contributed by atoms with van der Waals surface area (Å²) in [6.07, 6.45) is 3.24. The molecule has 2 aromatic heterocycles. The summed E-state index contributed by atoms with van der Waals surface area (Å²) in [4.78, 5) is 20.5. The van der Waals surface area contributed by atoms with Crippen molar-refractivity contribution in [2.45, 2.75) is 0 Å². The number of fused-ring (bicyclic) bond motifs is 1. The van der Waals surface area contributed by atoms with E-state index >= 15 is 0 Å². The Hall–Kier alpha value is -2.95. The fourth-order valence-electron chi connectivity index (χ4n) is 2.04. The monoisotopic (exact) mass is 279 g/mol. The molecule has 0 saturated carbocycles. The summed E-state index contributed by atoms with van der Waals surface area (Å²) < 4.78 is 5.21. The van der Waals surface area contributed by atoms with Crippen LogP contribution in [0, 0.1) is 0 Å². The van der Waals surface area contributed by atoms with Gasteiger partial charge in [-0.1, -0.05) is 6.07 Å². The minimum Gasteiger partial charge on any atom is -0.497 e. The van der Waals surface area contributed by atoms with Crippen LogP contribution in [-0.2, 0) is 0 Å². The molecule has 0 atom stereocenters. The number of hydrogen-bond donors (Lipinski definition) is 1. The van der Waals surface area contributed by atoms with Gasteiger partial charge >= 0.3 is 0 Å². The number of rotatable bonds is 3. The highest BCUT2D eigenvalue weighted by Crippen LogP contribution is 2.26. The number of hydrogen-bond acceptors (Lipinski definition) is 4. The summed E-state index contributed by atoms with van der Waals surface area (Å²) in [7, 11) is 1.60. The number of carbonyl (C=O) groups excluding carboxylic acids is 1. The summed E-state index contributed by atoms with van der Waals surface area (Å²) >= 11 is 0. The van der Waals surface area contributed by atoms with Gasteiger partial charge in [-0.3, -0.25) is 14.8 Å². The van der Waals surface area contributed by atoms with Gasteiger partial charge in [-0.2, -0.15) is 0 Å². The summed E-state index contributed by atoms with van der Waals surface area (Å²) in [6.45, 7) is 0. The molecule has 5 nitrogen and oxygen atoms in total. The van der Waals surface area contributed by atoms with Crippen molar-refractivity contribution in [1.29, 1.82) is 0 Å². The first-order chi connectivity index (χ1) is 10.3. The van der Waals surface area contributed by atoms with Gasteiger partial charge in [0.1, 0.15) is 11.4 Å². The third-order valence-electron chi connectivity index (χ3n) is 3.09. The van der Waals surface area contributed by atoms with Crippen LogP contribution in [0.5, 0.6) is 5.75 Å². The highest BCUT2D eigenvalue weighted by atomic mass is 16.5. The lowest BCUT2D eigenvalue weighted by Crippen LogP contribution is -2.13. The molecule has 0 saturated heterocycles. The van der Waals surface area contributed by atoms with E-state index < -0.39 is 0 Å². The van der Waals surface area contributed by atoms with Crippen molar-refractivity contribution in [3.05, 3.63) is 60.6 Å². The smallest absolute Gasteiger partial charge is 0.274 e. The van der Waals surface area contributed by atoms with E-state index in [2.05, 4.69) is 15.3 Å². The number of anilines is 1. The van der Waals surface area contributed by atoms with Gasteiger partial charge in [0.05, 0.1) is 18.3 Å².